The van der Waals surface area contributed by atoms with Gasteiger partial charge in [-0.3, -0.25) is 4.79 Å². The number of carbonyl (C=O) groups is 2. The molecule has 0 radical (unpaired) electrons. The minimum absolute atomic E-state index is 0.170. The van der Waals surface area contributed by atoms with Gasteiger partial charge in [0, 0.05) is 12.3 Å². The van der Waals surface area contributed by atoms with Crippen LogP contribution in [-0.4, -0.2) is 72.2 Å². The molecule has 2 bridgehead atoms. The molecule has 2 aliphatic rings. The average molecular weight is 465 g/mol. The lowest BCUT2D eigenvalue weighted by molar-refractivity contribution is -0.177. The number of aliphatic hydroxyl groups is 1. The Balaban J connectivity index is 1.86. The normalized spacial score (nSPS) is 27.7. The van der Waals surface area contributed by atoms with Gasteiger partial charge in [-0.05, 0) is 20.3 Å². The molecule has 1 aliphatic carbocycles. The number of fused-ring (bicyclic) bond motifs is 2. The fraction of sp³-hybridized carbons (Fsp3) is 0.875. The van der Waals surface area contributed by atoms with Crippen molar-refractivity contribution in [2.24, 2.45) is 11.8 Å². The van der Waals surface area contributed by atoms with E-state index in [0.717, 1.165) is 0 Å². The summed E-state index contributed by atoms with van der Waals surface area (Å²) in [7, 11) is -6.62. The highest BCUT2D eigenvalue weighted by Crippen LogP contribution is 2.44. The van der Waals surface area contributed by atoms with Crippen molar-refractivity contribution in [2.75, 3.05) is 13.2 Å². The Morgan fingerprint density at radius 2 is 1.87 bits per heavy atom. The molecular formula is C16H21F4O9S-. The summed E-state index contributed by atoms with van der Waals surface area (Å²) >= 11 is 0. The number of hydrogen-bond donors (Lipinski definition) is 1. The largest absolute Gasteiger partial charge is 0.743 e. The van der Waals surface area contributed by atoms with Crippen LogP contribution in [0.1, 0.15) is 33.1 Å². The molecule has 9 nitrogen and oxygen atoms in total. The molecule has 2 rings (SSSR count). The van der Waals surface area contributed by atoms with E-state index in [1.54, 1.807) is 0 Å². The lowest BCUT2D eigenvalue weighted by Crippen LogP contribution is -2.47. The summed E-state index contributed by atoms with van der Waals surface area (Å²) in [4.78, 5) is 23.6. The molecule has 0 spiro atoms. The fourth-order valence-electron chi connectivity index (χ4n) is 3.55. The first kappa shape index (κ1) is 24.8. The lowest BCUT2D eigenvalue weighted by atomic mass is 9.71. The molecule has 1 N–H and O–H groups in total. The van der Waals surface area contributed by atoms with Gasteiger partial charge < -0.3 is 23.9 Å². The van der Waals surface area contributed by atoms with E-state index < -0.39 is 82.5 Å². The summed E-state index contributed by atoms with van der Waals surface area (Å²) in [6, 6.07) is 0. The minimum atomic E-state index is -6.62. The Morgan fingerprint density at radius 1 is 1.27 bits per heavy atom. The molecule has 1 saturated heterocycles. The van der Waals surface area contributed by atoms with Gasteiger partial charge in [0.1, 0.15) is 12.7 Å². The van der Waals surface area contributed by atoms with Crippen LogP contribution in [0.2, 0.25) is 0 Å². The van der Waals surface area contributed by atoms with E-state index in [0.29, 0.717) is 0 Å². The second-order valence-corrected chi connectivity index (χ2v) is 9.23. The number of esters is 2. The summed E-state index contributed by atoms with van der Waals surface area (Å²) < 4.78 is 98.3. The molecule has 4 atom stereocenters. The Bertz CT molecular complexity index is 778. The molecule has 0 amide bonds. The molecule has 0 aromatic rings. The van der Waals surface area contributed by atoms with Crippen LogP contribution in [0.3, 0.4) is 0 Å². The first-order valence-corrected chi connectivity index (χ1v) is 10.3. The Morgan fingerprint density at radius 3 is 2.40 bits per heavy atom. The van der Waals surface area contributed by atoms with Crippen LogP contribution in [0, 0.1) is 11.8 Å². The van der Waals surface area contributed by atoms with Gasteiger partial charge in [0.15, 0.2) is 10.1 Å². The second kappa shape index (κ2) is 8.20. The van der Waals surface area contributed by atoms with Crippen LogP contribution in [-0.2, 0) is 33.9 Å². The van der Waals surface area contributed by atoms with Gasteiger partial charge in [-0.25, -0.2) is 13.2 Å². The molecule has 1 aliphatic heterocycles. The van der Waals surface area contributed by atoms with E-state index >= 15 is 0 Å². The van der Waals surface area contributed by atoms with Gasteiger partial charge in [-0.15, -0.1) is 0 Å². The third kappa shape index (κ3) is 5.03. The SMILES string of the molecule is CC(C)(O)C1CC(OCC(=O)OCCC(F)(F)C(F)(F)S(=O)(=O)[O-])C2CC1C(=O)O2. The average Bonchev–Trinajstić information content (AvgIpc) is 2.88. The summed E-state index contributed by atoms with van der Waals surface area (Å²) in [5.41, 5.74) is -1.24. The number of rotatable bonds is 9. The maximum absolute atomic E-state index is 13.3. The first-order valence-electron chi connectivity index (χ1n) is 8.88. The third-order valence-electron chi connectivity index (χ3n) is 5.18. The zero-order valence-electron chi connectivity index (χ0n) is 16.0. The second-order valence-electron chi connectivity index (χ2n) is 7.81. The molecule has 4 unspecified atom stereocenters. The Labute approximate surface area is 169 Å². The maximum Gasteiger partial charge on any atom is 0.396 e. The zero-order chi connectivity index (χ0) is 23.1. The zero-order valence-corrected chi connectivity index (χ0v) is 16.8. The molecule has 1 saturated carbocycles. The molecule has 1 heterocycles. The standard InChI is InChI=1S/C16H22F4O9S/c1-14(2,23)9-6-10(11-5-8(9)13(22)29-11)28-7-12(21)27-4-3-15(17,18)16(19,20)30(24,25)26/h8-11,23H,3-7H2,1-2H3,(H,24,25,26)/p-1. The highest BCUT2D eigenvalue weighted by Gasteiger charge is 2.61. The van der Waals surface area contributed by atoms with E-state index in [1.165, 1.54) is 13.8 Å². The number of alkyl halides is 4. The van der Waals surface area contributed by atoms with Gasteiger partial charge in [-0.1, -0.05) is 0 Å². The molecule has 174 valence electrons. The van der Waals surface area contributed by atoms with Crippen LogP contribution in [0.5, 0.6) is 0 Å². The van der Waals surface area contributed by atoms with Crippen LogP contribution in [0.4, 0.5) is 17.6 Å². The van der Waals surface area contributed by atoms with E-state index in [-0.39, 0.29) is 12.8 Å². The predicted molar refractivity (Wildman–Crippen MR) is 87.3 cm³/mol. The van der Waals surface area contributed by atoms with E-state index in [4.69, 9.17) is 9.47 Å². The minimum Gasteiger partial charge on any atom is -0.743 e. The van der Waals surface area contributed by atoms with E-state index in [1.807, 2.05) is 0 Å². The van der Waals surface area contributed by atoms with Crippen molar-refractivity contribution in [1.29, 1.82) is 0 Å². The van der Waals surface area contributed by atoms with Crippen molar-refractivity contribution in [2.45, 2.75) is 62.1 Å². The van der Waals surface area contributed by atoms with Crippen LogP contribution in [0.25, 0.3) is 0 Å². The van der Waals surface area contributed by atoms with Crippen molar-refractivity contribution in [3.63, 3.8) is 0 Å². The van der Waals surface area contributed by atoms with E-state index in [2.05, 4.69) is 4.74 Å². The Kier molecular flexibility index (Phi) is 6.77. The fourth-order valence-corrected chi connectivity index (χ4v) is 4.02. The van der Waals surface area contributed by atoms with E-state index in [9.17, 15) is 45.2 Å². The first-order chi connectivity index (χ1) is 13.5. The number of hydrogen-bond acceptors (Lipinski definition) is 9. The van der Waals surface area contributed by atoms with Crippen LogP contribution >= 0.6 is 0 Å². The predicted octanol–water partition coefficient (Wildman–Crippen LogP) is 0.801. The summed E-state index contributed by atoms with van der Waals surface area (Å²) in [6.45, 7) is 0.932. The number of ether oxygens (including phenoxy) is 3. The van der Waals surface area contributed by atoms with Crippen molar-refractivity contribution in [3.8, 4) is 0 Å². The van der Waals surface area contributed by atoms with Crippen molar-refractivity contribution < 1.29 is 59.4 Å². The number of carbonyl (C=O) groups excluding carboxylic acids is 2. The highest BCUT2D eigenvalue weighted by atomic mass is 32.2. The Hall–Kier alpha value is -1.51. The molecule has 0 aromatic heterocycles. The third-order valence-corrected chi connectivity index (χ3v) is 6.11. The van der Waals surface area contributed by atoms with Gasteiger partial charge in [0.05, 0.1) is 30.7 Å². The monoisotopic (exact) mass is 465 g/mol. The summed E-state index contributed by atoms with van der Waals surface area (Å²) in [6.07, 6.45) is -2.92. The van der Waals surface area contributed by atoms with Crippen molar-refractivity contribution in [1.82, 2.24) is 0 Å². The van der Waals surface area contributed by atoms with Crippen molar-refractivity contribution in [3.05, 3.63) is 0 Å². The van der Waals surface area contributed by atoms with Gasteiger partial charge in [0.25, 0.3) is 0 Å². The van der Waals surface area contributed by atoms with Gasteiger partial charge in [-0.2, -0.15) is 17.6 Å². The highest BCUT2D eigenvalue weighted by molar-refractivity contribution is 7.86. The molecule has 14 heteroatoms. The maximum atomic E-state index is 13.3. The molecule has 2 fully saturated rings. The van der Waals surface area contributed by atoms with Crippen LogP contribution in [0.15, 0.2) is 0 Å². The summed E-state index contributed by atoms with van der Waals surface area (Å²) in [5.74, 6) is -8.00. The molecular weight excluding hydrogens is 444 g/mol. The van der Waals surface area contributed by atoms with Crippen LogP contribution < -0.4 is 0 Å². The van der Waals surface area contributed by atoms with Crippen molar-refractivity contribution >= 4 is 22.1 Å². The molecule has 30 heavy (non-hydrogen) atoms. The van der Waals surface area contributed by atoms with Gasteiger partial charge in [0.2, 0.25) is 0 Å². The number of halogens is 4. The smallest absolute Gasteiger partial charge is 0.396 e. The summed E-state index contributed by atoms with van der Waals surface area (Å²) in [5, 5.41) is 4.38. The van der Waals surface area contributed by atoms with Gasteiger partial charge >= 0.3 is 23.1 Å². The molecule has 0 aromatic carbocycles. The lowest BCUT2D eigenvalue weighted by Gasteiger charge is -2.38. The quantitative estimate of drug-likeness (QED) is 0.297. The topological polar surface area (TPSA) is 139 Å².